The average Bonchev–Trinajstić information content (AvgIpc) is 3.24. The van der Waals surface area contributed by atoms with Gasteiger partial charge in [-0.2, -0.15) is 5.26 Å². The van der Waals surface area contributed by atoms with Crippen LogP contribution in [0.25, 0.3) is 78.7 Å². The molecule has 256 valence electrons. The highest BCUT2D eigenvalue weighted by Crippen LogP contribution is 2.46. The van der Waals surface area contributed by atoms with E-state index >= 15 is 0 Å². The molecule has 5 heteroatoms. The quantitative estimate of drug-likeness (QED) is 0.173. The molecule has 54 heavy (non-hydrogen) atoms. The number of rotatable bonds is 6. The highest BCUT2D eigenvalue weighted by atomic mass is 16.5. The molecule has 1 aliphatic heterocycles. The van der Waals surface area contributed by atoms with Crippen molar-refractivity contribution in [3.05, 3.63) is 181 Å². The molecule has 7 aromatic carbocycles. The van der Waals surface area contributed by atoms with E-state index in [-0.39, 0.29) is 0 Å². The third-order valence-corrected chi connectivity index (χ3v) is 9.98. The molecule has 0 saturated heterocycles. The van der Waals surface area contributed by atoms with E-state index in [1.54, 1.807) is 0 Å². The van der Waals surface area contributed by atoms with E-state index in [0.717, 1.165) is 72.5 Å². The zero-order valence-electron chi connectivity index (χ0n) is 29.9. The van der Waals surface area contributed by atoms with E-state index in [1.807, 2.05) is 72.8 Å². The van der Waals surface area contributed by atoms with Crippen LogP contribution in [0.4, 0.5) is 0 Å². The maximum atomic E-state index is 9.46. The van der Waals surface area contributed by atoms with Crippen LogP contribution < -0.4 is 4.74 Å². The number of ether oxygens (including phenoxy) is 1. The molecular weight excluding hydrogens is 661 g/mol. The summed E-state index contributed by atoms with van der Waals surface area (Å²) in [5.41, 5.74) is 12.3. The van der Waals surface area contributed by atoms with Crippen molar-refractivity contribution in [2.45, 2.75) is 19.4 Å². The molecule has 9 rings (SSSR count). The Bertz CT molecular complexity index is 2710. The third kappa shape index (κ3) is 6.21. The lowest BCUT2D eigenvalue weighted by molar-refractivity contribution is 0.106. The molecule has 1 aromatic heterocycles. The predicted molar refractivity (Wildman–Crippen MR) is 216 cm³/mol. The minimum atomic E-state index is -0.460. The number of fused-ring (bicyclic) bond motifs is 3. The summed E-state index contributed by atoms with van der Waals surface area (Å²) in [5, 5.41) is 9.46. The van der Waals surface area contributed by atoms with Crippen LogP contribution in [0.15, 0.2) is 170 Å². The minimum absolute atomic E-state index is 0.460. The van der Waals surface area contributed by atoms with Crippen molar-refractivity contribution in [3.8, 4) is 90.5 Å². The van der Waals surface area contributed by atoms with Crippen molar-refractivity contribution < 1.29 is 4.74 Å². The Morgan fingerprint density at radius 1 is 0.426 bits per heavy atom. The van der Waals surface area contributed by atoms with Crippen LogP contribution in [0.1, 0.15) is 25.0 Å². The first kappa shape index (κ1) is 32.7. The first-order valence-corrected chi connectivity index (χ1v) is 18.0. The zero-order chi connectivity index (χ0) is 36.6. The standard InChI is InChI=1S/C49H34N4O/c1-49(2)44-19-10-9-18-42(44)43-30-38(24-25-45(43)54-49)47-51-46(37-17-11-16-36(26-37)33-12-5-3-6-13-33)52-48(53-47)41-28-39(34-14-7-4-8-15-34)27-40(29-41)35-22-20-32(31-50)21-23-35/h3-30H,1-2H3. The second-order valence-electron chi connectivity index (χ2n) is 14.0. The Kier molecular flexibility index (Phi) is 8.14. The molecule has 0 bridgehead atoms. The SMILES string of the molecule is CC1(C)Oc2ccc(-c3nc(-c4cccc(-c5ccccc5)c4)nc(-c4cc(-c5ccccc5)cc(-c5ccc(C#N)cc5)c4)n3)cc2-c2ccccc21. The largest absolute Gasteiger partial charge is 0.482 e. The fraction of sp³-hybridized carbons (Fsp3) is 0.0612. The lowest BCUT2D eigenvalue weighted by Crippen LogP contribution is -2.29. The Balaban J connectivity index is 1.25. The molecule has 0 N–H and O–H groups in total. The van der Waals surface area contributed by atoms with Gasteiger partial charge in [0, 0.05) is 27.8 Å². The lowest BCUT2D eigenvalue weighted by atomic mass is 9.86. The summed E-state index contributed by atoms with van der Waals surface area (Å²) >= 11 is 0. The van der Waals surface area contributed by atoms with Gasteiger partial charge in [0.05, 0.1) is 11.6 Å². The number of nitriles is 1. The molecule has 0 aliphatic carbocycles. The number of aromatic nitrogens is 3. The van der Waals surface area contributed by atoms with Gasteiger partial charge in [-0.25, -0.2) is 15.0 Å². The second kappa shape index (κ2) is 13.4. The summed E-state index contributed by atoms with van der Waals surface area (Å²) in [5.74, 6) is 2.53. The van der Waals surface area contributed by atoms with E-state index in [9.17, 15) is 5.26 Å². The topological polar surface area (TPSA) is 71.7 Å². The number of benzene rings is 7. The van der Waals surface area contributed by atoms with E-state index in [0.29, 0.717) is 23.0 Å². The van der Waals surface area contributed by atoms with Gasteiger partial charge in [-0.15, -0.1) is 0 Å². The van der Waals surface area contributed by atoms with E-state index < -0.39 is 5.60 Å². The van der Waals surface area contributed by atoms with E-state index in [4.69, 9.17) is 19.7 Å². The Morgan fingerprint density at radius 3 is 1.57 bits per heavy atom. The first-order valence-electron chi connectivity index (χ1n) is 18.0. The minimum Gasteiger partial charge on any atom is -0.482 e. The van der Waals surface area contributed by atoms with Crippen LogP contribution in [0.2, 0.25) is 0 Å². The molecule has 0 unspecified atom stereocenters. The van der Waals surface area contributed by atoms with Gasteiger partial charge in [0.25, 0.3) is 0 Å². The summed E-state index contributed by atoms with van der Waals surface area (Å²) in [6.45, 7) is 4.21. The fourth-order valence-electron chi connectivity index (χ4n) is 7.23. The fourth-order valence-corrected chi connectivity index (χ4v) is 7.23. The molecule has 0 saturated carbocycles. The molecule has 2 heterocycles. The molecule has 5 nitrogen and oxygen atoms in total. The van der Waals surface area contributed by atoms with Crippen LogP contribution in [-0.2, 0) is 5.60 Å². The molecule has 0 amide bonds. The van der Waals surface area contributed by atoms with Gasteiger partial charge in [0.15, 0.2) is 17.5 Å². The molecule has 0 radical (unpaired) electrons. The third-order valence-electron chi connectivity index (χ3n) is 9.98. The molecular formula is C49H34N4O. The molecule has 0 atom stereocenters. The van der Waals surface area contributed by atoms with Crippen molar-refractivity contribution in [1.82, 2.24) is 15.0 Å². The normalized spacial score (nSPS) is 12.5. The van der Waals surface area contributed by atoms with Crippen molar-refractivity contribution in [2.24, 2.45) is 0 Å². The second-order valence-corrected chi connectivity index (χ2v) is 14.0. The summed E-state index contributed by atoms with van der Waals surface area (Å²) in [6, 6.07) is 60.0. The predicted octanol–water partition coefficient (Wildman–Crippen LogP) is 12.0. The maximum Gasteiger partial charge on any atom is 0.164 e. The van der Waals surface area contributed by atoms with Gasteiger partial charge in [0.1, 0.15) is 11.4 Å². The van der Waals surface area contributed by atoms with Crippen molar-refractivity contribution in [2.75, 3.05) is 0 Å². The van der Waals surface area contributed by atoms with Crippen LogP contribution in [-0.4, -0.2) is 15.0 Å². The van der Waals surface area contributed by atoms with Gasteiger partial charge in [-0.1, -0.05) is 115 Å². The molecule has 0 spiro atoms. The number of nitrogens with zero attached hydrogens (tertiary/aromatic N) is 4. The summed E-state index contributed by atoms with van der Waals surface area (Å²) in [6.07, 6.45) is 0. The first-order chi connectivity index (χ1) is 26.4. The molecule has 0 fully saturated rings. The van der Waals surface area contributed by atoms with Crippen molar-refractivity contribution >= 4 is 0 Å². The van der Waals surface area contributed by atoms with Gasteiger partial charge in [-0.05, 0) is 107 Å². The highest BCUT2D eigenvalue weighted by molar-refractivity contribution is 5.83. The Hall–Kier alpha value is -7.16. The molecule has 8 aromatic rings. The van der Waals surface area contributed by atoms with Crippen LogP contribution in [0.3, 0.4) is 0 Å². The van der Waals surface area contributed by atoms with Gasteiger partial charge < -0.3 is 4.74 Å². The van der Waals surface area contributed by atoms with Crippen molar-refractivity contribution in [3.63, 3.8) is 0 Å². The van der Waals surface area contributed by atoms with E-state index in [1.165, 1.54) is 0 Å². The maximum absolute atomic E-state index is 9.46. The smallest absolute Gasteiger partial charge is 0.164 e. The van der Waals surface area contributed by atoms with Crippen LogP contribution in [0, 0.1) is 11.3 Å². The van der Waals surface area contributed by atoms with E-state index in [2.05, 4.69) is 117 Å². The van der Waals surface area contributed by atoms with Gasteiger partial charge in [-0.3, -0.25) is 0 Å². The van der Waals surface area contributed by atoms with Crippen LogP contribution >= 0.6 is 0 Å². The number of hydrogen-bond acceptors (Lipinski definition) is 5. The summed E-state index contributed by atoms with van der Waals surface area (Å²) in [4.78, 5) is 15.5. The van der Waals surface area contributed by atoms with Crippen molar-refractivity contribution in [1.29, 1.82) is 5.26 Å². The lowest BCUT2D eigenvalue weighted by Gasteiger charge is -2.35. The Labute approximate surface area is 314 Å². The van der Waals surface area contributed by atoms with Gasteiger partial charge >= 0.3 is 0 Å². The summed E-state index contributed by atoms with van der Waals surface area (Å²) < 4.78 is 6.53. The summed E-state index contributed by atoms with van der Waals surface area (Å²) in [7, 11) is 0. The zero-order valence-corrected chi connectivity index (χ0v) is 29.9. The monoisotopic (exact) mass is 694 g/mol. The molecule has 1 aliphatic rings. The average molecular weight is 695 g/mol. The number of hydrogen-bond donors (Lipinski definition) is 0. The Morgan fingerprint density at radius 2 is 0.907 bits per heavy atom. The van der Waals surface area contributed by atoms with Crippen LogP contribution in [0.5, 0.6) is 5.75 Å². The van der Waals surface area contributed by atoms with Gasteiger partial charge in [0.2, 0.25) is 0 Å². The highest BCUT2D eigenvalue weighted by Gasteiger charge is 2.32.